The number of rotatable bonds is 5. The highest BCUT2D eigenvalue weighted by Gasteiger charge is 2.51. The van der Waals surface area contributed by atoms with Gasteiger partial charge in [-0.1, -0.05) is 18.2 Å². The number of likely N-dealkylation sites (tertiary alicyclic amines) is 2. The van der Waals surface area contributed by atoms with Crippen LogP contribution in [0.2, 0.25) is 0 Å². The topological polar surface area (TPSA) is 123 Å². The second-order valence-corrected chi connectivity index (χ2v) is 7.42. The van der Waals surface area contributed by atoms with Crippen LogP contribution in [-0.2, 0) is 16.0 Å². The summed E-state index contributed by atoms with van der Waals surface area (Å²) in [6.45, 7) is 0.393. The Morgan fingerprint density at radius 1 is 1.13 bits per heavy atom. The molecule has 0 bridgehead atoms. The number of hydrogen-bond acceptors (Lipinski definition) is 6. The van der Waals surface area contributed by atoms with Crippen molar-refractivity contribution in [3.8, 4) is 5.75 Å². The number of carbonyl (C=O) groups is 4. The molecule has 159 valence electrons. The molecule has 1 radical (unpaired) electrons. The third-order valence-corrected chi connectivity index (χ3v) is 5.50. The zero-order valence-electron chi connectivity index (χ0n) is 16.6. The number of ketones is 1. The molecule has 2 N–H and O–H groups in total. The van der Waals surface area contributed by atoms with Gasteiger partial charge in [0.2, 0.25) is 5.91 Å². The number of ether oxygens (including phenoxy) is 1. The van der Waals surface area contributed by atoms with Crippen LogP contribution in [0.3, 0.4) is 0 Å². The fourth-order valence-electron chi connectivity index (χ4n) is 4.11. The van der Waals surface area contributed by atoms with Crippen LogP contribution in [0.15, 0.2) is 48.7 Å². The fraction of sp³-hybridized carbons (Fsp3) is 0.273. The van der Waals surface area contributed by atoms with Gasteiger partial charge in [0.1, 0.15) is 17.5 Å². The van der Waals surface area contributed by atoms with Gasteiger partial charge in [0.15, 0.2) is 5.78 Å². The molecule has 0 saturated carbocycles. The monoisotopic (exact) mass is 421 g/mol. The third-order valence-electron chi connectivity index (χ3n) is 5.50. The van der Waals surface area contributed by atoms with Crippen molar-refractivity contribution < 1.29 is 23.9 Å². The Morgan fingerprint density at radius 2 is 1.90 bits per heavy atom. The average molecular weight is 421 g/mol. The Morgan fingerprint density at radius 3 is 2.58 bits per heavy atom. The lowest BCUT2D eigenvalue weighted by Crippen LogP contribution is -2.43. The van der Waals surface area contributed by atoms with Crippen LogP contribution in [0, 0.1) is 6.42 Å². The molecule has 2 aliphatic rings. The summed E-state index contributed by atoms with van der Waals surface area (Å²) >= 11 is 0. The molecule has 0 spiro atoms. The quantitative estimate of drug-likeness (QED) is 0.768. The molecule has 2 atom stereocenters. The molecule has 9 nitrogen and oxygen atoms in total. The van der Waals surface area contributed by atoms with E-state index in [1.165, 1.54) is 17.5 Å². The smallest absolute Gasteiger partial charge is 0.409 e. The van der Waals surface area contributed by atoms with E-state index in [4.69, 9.17) is 10.5 Å². The largest absolute Gasteiger partial charge is 0.411 e. The Bertz CT molecular complexity index is 1010. The molecule has 2 fully saturated rings. The average Bonchev–Trinajstić information content (AvgIpc) is 3.34. The number of nitrogens with two attached hydrogens (primary N) is 1. The van der Waals surface area contributed by atoms with E-state index in [2.05, 4.69) is 4.98 Å². The van der Waals surface area contributed by atoms with Crippen molar-refractivity contribution in [2.45, 2.75) is 24.9 Å². The standard InChI is InChI=1S/C22H21N4O5/c23-22(30)31-15-7-4-14(5-8-15)6-9-19(28)25-12-10-17-20(25)18(27)13-26(17)21(29)16-3-1-2-11-24-16/h1-5,7-9,11,17,20H,6,10,12-13H2,(H2,23,30). The maximum atomic E-state index is 12.8. The van der Waals surface area contributed by atoms with Gasteiger partial charge < -0.3 is 20.3 Å². The summed E-state index contributed by atoms with van der Waals surface area (Å²) in [5.74, 6) is -0.357. The van der Waals surface area contributed by atoms with Gasteiger partial charge in [-0.2, -0.15) is 0 Å². The second-order valence-electron chi connectivity index (χ2n) is 7.42. The van der Waals surface area contributed by atoms with E-state index in [0.717, 1.165) is 5.56 Å². The van der Waals surface area contributed by atoms with Crippen LogP contribution in [0.5, 0.6) is 5.75 Å². The van der Waals surface area contributed by atoms with E-state index < -0.39 is 12.1 Å². The zero-order chi connectivity index (χ0) is 22.0. The van der Waals surface area contributed by atoms with E-state index in [1.807, 2.05) is 0 Å². The number of benzene rings is 1. The Labute approximate surface area is 178 Å². The van der Waals surface area contributed by atoms with Crippen LogP contribution >= 0.6 is 0 Å². The Hall–Kier alpha value is -3.75. The van der Waals surface area contributed by atoms with Crippen LogP contribution in [0.1, 0.15) is 22.5 Å². The van der Waals surface area contributed by atoms with Crippen LogP contribution in [0.4, 0.5) is 4.79 Å². The number of fused-ring (bicyclic) bond motifs is 1. The molecule has 3 amide bonds. The number of nitrogens with zero attached hydrogens (tertiary/aromatic N) is 3. The Balaban J connectivity index is 1.38. The van der Waals surface area contributed by atoms with E-state index in [1.54, 1.807) is 47.4 Å². The van der Waals surface area contributed by atoms with Crippen molar-refractivity contribution in [3.05, 3.63) is 66.3 Å². The molecular weight excluding hydrogens is 400 g/mol. The first kappa shape index (κ1) is 20.5. The SMILES string of the molecule is NC(=O)Oc1ccc(C[CH]C(=O)N2CCC3C2C(=O)CN3C(=O)c2ccccn2)cc1. The minimum Gasteiger partial charge on any atom is -0.411 e. The summed E-state index contributed by atoms with van der Waals surface area (Å²) in [6, 6.07) is 10.7. The molecule has 2 unspecified atom stereocenters. The van der Waals surface area contributed by atoms with E-state index in [-0.39, 0.29) is 35.9 Å². The lowest BCUT2D eigenvalue weighted by atomic mass is 10.1. The van der Waals surface area contributed by atoms with Crippen LogP contribution in [0.25, 0.3) is 0 Å². The van der Waals surface area contributed by atoms with E-state index in [9.17, 15) is 19.2 Å². The number of Topliss-reactive ketones (excluding diaryl/α,β-unsaturated/α-hetero) is 1. The molecular formula is C22H21N4O5. The van der Waals surface area contributed by atoms with Crippen molar-refractivity contribution >= 4 is 23.7 Å². The molecule has 1 aromatic heterocycles. The molecule has 2 aromatic rings. The number of pyridine rings is 1. The van der Waals surface area contributed by atoms with Gasteiger partial charge in [0.25, 0.3) is 5.91 Å². The molecule has 2 saturated heterocycles. The summed E-state index contributed by atoms with van der Waals surface area (Å²) in [4.78, 5) is 56.1. The van der Waals surface area contributed by atoms with Gasteiger partial charge in [-0.3, -0.25) is 19.4 Å². The summed E-state index contributed by atoms with van der Waals surface area (Å²) < 4.78 is 4.78. The molecule has 3 heterocycles. The number of hydrogen-bond donors (Lipinski definition) is 1. The van der Waals surface area contributed by atoms with Gasteiger partial charge in [-0.15, -0.1) is 0 Å². The Kier molecular flexibility index (Phi) is 5.66. The second kappa shape index (κ2) is 8.55. The number of aromatic nitrogens is 1. The highest BCUT2D eigenvalue weighted by Crippen LogP contribution is 2.31. The number of primary amides is 1. The van der Waals surface area contributed by atoms with Crippen molar-refractivity contribution in [1.29, 1.82) is 0 Å². The highest BCUT2D eigenvalue weighted by atomic mass is 16.5. The van der Waals surface area contributed by atoms with E-state index >= 15 is 0 Å². The molecule has 31 heavy (non-hydrogen) atoms. The fourth-order valence-corrected chi connectivity index (χ4v) is 4.11. The van der Waals surface area contributed by atoms with Gasteiger partial charge in [-0.25, -0.2) is 4.79 Å². The van der Waals surface area contributed by atoms with Crippen molar-refractivity contribution in [2.24, 2.45) is 5.73 Å². The van der Waals surface area contributed by atoms with Gasteiger partial charge in [0.05, 0.1) is 19.0 Å². The highest BCUT2D eigenvalue weighted by molar-refractivity contribution is 6.02. The predicted octanol–water partition coefficient (Wildman–Crippen LogP) is 0.980. The minimum atomic E-state index is -0.894. The minimum absolute atomic E-state index is 0.0180. The lowest BCUT2D eigenvalue weighted by Gasteiger charge is -2.24. The summed E-state index contributed by atoms with van der Waals surface area (Å²) in [5.41, 5.74) is 6.10. The van der Waals surface area contributed by atoms with Crippen LogP contribution < -0.4 is 10.5 Å². The lowest BCUT2D eigenvalue weighted by molar-refractivity contribution is -0.133. The molecule has 1 aromatic carbocycles. The summed E-state index contributed by atoms with van der Waals surface area (Å²) in [7, 11) is 0. The van der Waals surface area contributed by atoms with Gasteiger partial charge in [-0.05, 0) is 42.7 Å². The molecule has 0 aliphatic carbocycles. The molecule has 2 aliphatic heterocycles. The maximum absolute atomic E-state index is 12.8. The summed E-state index contributed by atoms with van der Waals surface area (Å²) in [5, 5.41) is 0. The third kappa shape index (κ3) is 4.25. The maximum Gasteiger partial charge on any atom is 0.409 e. The number of carbonyl (C=O) groups excluding carboxylic acids is 4. The van der Waals surface area contributed by atoms with Crippen LogP contribution in [-0.4, -0.2) is 63.6 Å². The van der Waals surface area contributed by atoms with Crippen molar-refractivity contribution in [1.82, 2.24) is 14.8 Å². The zero-order valence-corrected chi connectivity index (χ0v) is 16.6. The van der Waals surface area contributed by atoms with Crippen molar-refractivity contribution in [3.63, 3.8) is 0 Å². The number of amides is 3. The van der Waals surface area contributed by atoms with Crippen molar-refractivity contribution in [2.75, 3.05) is 13.1 Å². The first-order valence-electron chi connectivity index (χ1n) is 9.89. The normalized spacial score (nSPS) is 19.9. The molecule has 4 rings (SSSR count). The van der Waals surface area contributed by atoms with Gasteiger partial charge in [0, 0.05) is 12.7 Å². The van der Waals surface area contributed by atoms with E-state index in [0.29, 0.717) is 25.1 Å². The summed E-state index contributed by atoms with van der Waals surface area (Å²) in [6.07, 6.45) is 3.06. The molecule has 9 heteroatoms. The van der Waals surface area contributed by atoms with Gasteiger partial charge >= 0.3 is 6.09 Å². The first-order chi connectivity index (χ1) is 14.9. The first-order valence-corrected chi connectivity index (χ1v) is 9.89. The predicted molar refractivity (Wildman–Crippen MR) is 109 cm³/mol.